The van der Waals surface area contributed by atoms with Gasteiger partial charge in [-0.2, -0.15) is 18.2 Å². The lowest BCUT2D eigenvalue weighted by Gasteiger charge is -2.22. The highest BCUT2D eigenvalue weighted by atomic mass is 32.2. The maximum atomic E-state index is 12.3. The van der Waals surface area contributed by atoms with Crippen molar-refractivity contribution in [1.82, 2.24) is 5.48 Å². The lowest BCUT2D eigenvalue weighted by molar-refractivity contribution is -0.105. The molecular weight excluding hydrogens is 378 g/mol. The summed E-state index contributed by atoms with van der Waals surface area (Å²) in [4.78, 5) is 11.7. The van der Waals surface area contributed by atoms with E-state index in [4.69, 9.17) is 4.28 Å². The highest BCUT2D eigenvalue weighted by Gasteiger charge is 2.24. The van der Waals surface area contributed by atoms with E-state index >= 15 is 0 Å². The number of hydroxylamine groups is 1. The molecule has 2 aromatic rings. The van der Waals surface area contributed by atoms with Crippen LogP contribution in [0.1, 0.15) is 12.5 Å². The minimum Gasteiger partial charge on any atom is -0.298 e. The van der Waals surface area contributed by atoms with Crippen LogP contribution in [0.25, 0.3) is 0 Å². The third-order valence-corrected chi connectivity index (χ3v) is 8.37. The molecule has 2 aromatic carbocycles. The van der Waals surface area contributed by atoms with Gasteiger partial charge in [-0.3, -0.25) is 4.79 Å². The van der Waals surface area contributed by atoms with E-state index in [1.54, 1.807) is 19.1 Å². The summed E-state index contributed by atoms with van der Waals surface area (Å²) in [6, 6.07) is 15.8. The van der Waals surface area contributed by atoms with E-state index in [1.807, 2.05) is 43.0 Å². The first-order valence-electron chi connectivity index (χ1n) is 8.65. The Bertz CT molecular complexity index is 907. The summed E-state index contributed by atoms with van der Waals surface area (Å²) in [5.41, 5.74) is 5.87. The summed E-state index contributed by atoms with van der Waals surface area (Å²) in [6.45, 7) is 7.82. The van der Waals surface area contributed by atoms with Crippen LogP contribution in [0, 0.1) is 6.92 Å². The van der Waals surface area contributed by atoms with Crippen molar-refractivity contribution in [1.29, 1.82) is 0 Å². The number of hydrogen-bond donors (Lipinski definition) is 1. The van der Waals surface area contributed by atoms with Crippen molar-refractivity contribution in [2.24, 2.45) is 0 Å². The van der Waals surface area contributed by atoms with Gasteiger partial charge in [0.2, 0.25) is 0 Å². The Labute approximate surface area is 162 Å². The molecule has 0 saturated heterocycles. The fourth-order valence-corrected chi connectivity index (χ4v) is 5.79. The molecule has 0 aliphatic rings. The van der Waals surface area contributed by atoms with Gasteiger partial charge in [0.15, 0.2) is 0 Å². The van der Waals surface area contributed by atoms with Crippen molar-refractivity contribution in [2.45, 2.75) is 37.9 Å². The van der Waals surface area contributed by atoms with E-state index in [9.17, 15) is 13.2 Å². The van der Waals surface area contributed by atoms with Gasteiger partial charge in [-0.1, -0.05) is 72.0 Å². The molecule has 1 N–H and O–H groups in total. The van der Waals surface area contributed by atoms with Crippen LogP contribution in [0.15, 0.2) is 70.8 Å². The van der Waals surface area contributed by atoms with Crippen LogP contribution in [-0.4, -0.2) is 28.8 Å². The van der Waals surface area contributed by atoms with Crippen LogP contribution in [0.3, 0.4) is 0 Å². The quantitative estimate of drug-likeness (QED) is 0.318. The monoisotopic (exact) mass is 403 g/mol. The zero-order chi connectivity index (χ0) is 20.1. The first-order chi connectivity index (χ1) is 12.7. The van der Waals surface area contributed by atoms with Gasteiger partial charge in [-0.25, -0.2) is 0 Å². The van der Waals surface area contributed by atoms with Crippen LogP contribution < -0.4 is 10.7 Å². The van der Waals surface area contributed by atoms with Gasteiger partial charge in [0, 0.05) is 5.57 Å². The highest BCUT2D eigenvalue weighted by molar-refractivity contribution is 7.86. The average molecular weight is 404 g/mol. The molecule has 0 aliphatic heterocycles. The second-order valence-corrected chi connectivity index (χ2v) is 12.9. The van der Waals surface area contributed by atoms with Crippen molar-refractivity contribution in [2.75, 3.05) is 0 Å². The molecule has 0 heterocycles. The fraction of sp³-hybridized carbons (Fsp3) is 0.250. The van der Waals surface area contributed by atoms with Gasteiger partial charge in [-0.05, 0) is 26.0 Å². The van der Waals surface area contributed by atoms with E-state index < -0.39 is 24.2 Å². The number of aldehydes is 1. The zero-order valence-electron chi connectivity index (χ0n) is 16.0. The minimum absolute atomic E-state index is 0.0587. The Morgan fingerprint density at radius 1 is 1.07 bits per heavy atom. The number of nitrogens with one attached hydrogen (secondary N) is 1. The largest absolute Gasteiger partial charge is 0.312 e. The number of carbonyl (C=O) groups excluding carboxylic acids is 1. The Morgan fingerprint density at radius 2 is 1.67 bits per heavy atom. The highest BCUT2D eigenvalue weighted by Crippen LogP contribution is 2.14. The summed E-state index contributed by atoms with van der Waals surface area (Å²) < 4.78 is 29.5. The molecule has 0 aromatic heterocycles. The Morgan fingerprint density at radius 3 is 2.22 bits per heavy atom. The topological polar surface area (TPSA) is 72.5 Å². The third-order valence-electron chi connectivity index (χ3n) is 4.33. The molecule has 2 rings (SSSR count). The maximum absolute atomic E-state index is 12.3. The summed E-state index contributed by atoms with van der Waals surface area (Å²) in [5, 5.41) is 1.18. The molecule has 0 amide bonds. The molecule has 144 valence electrons. The molecule has 0 spiro atoms. The zero-order valence-corrected chi connectivity index (χ0v) is 17.8. The number of carbonyl (C=O) groups is 1. The van der Waals surface area contributed by atoms with Crippen molar-refractivity contribution in [3.05, 3.63) is 71.4 Å². The molecule has 0 fully saturated rings. The van der Waals surface area contributed by atoms with Gasteiger partial charge in [0.1, 0.15) is 14.4 Å². The molecule has 0 saturated carbocycles. The molecule has 7 heteroatoms. The van der Waals surface area contributed by atoms with Gasteiger partial charge in [-0.15, -0.1) is 0 Å². The number of benzene rings is 2. The minimum atomic E-state index is -3.95. The molecule has 0 bridgehead atoms. The standard InChI is InChI=1S/C20H25NO4SSi/c1-16-10-12-19(13-11-16)26(23,24)25-21-17(2)18(14-22)15-27(3,4)20-8-6-5-7-9-20/h5-15,17,21H,1-4H3/b18-15+. The third kappa shape index (κ3) is 5.70. The lowest BCUT2D eigenvalue weighted by Crippen LogP contribution is -2.41. The van der Waals surface area contributed by atoms with Crippen molar-refractivity contribution in [3.63, 3.8) is 0 Å². The lowest BCUT2D eigenvalue weighted by atomic mass is 10.2. The average Bonchev–Trinajstić information content (AvgIpc) is 2.65. The molecule has 0 aliphatic carbocycles. The SMILES string of the molecule is Cc1ccc(S(=O)(=O)ONC(C)/C(C=O)=C/[Si](C)(C)c2ccccc2)cc1. The van der Waals surface area contributed by atoms with Crippen LogP contribution >= 0.6 is 0 Å². The number of rotatable bonds is 8. The van der Waals surface area contributed by atoms with Crippen LogP contribution in [-0.2, 0) is 19.2 Å². The van der Waals surface area contributed by atoms with Gasteiger partial charge in [0.25, 0.3) is 0 Å². The van der Waals surface area contributed by atoms with E-state index in [2.05, 4.69) is 18.6 Å². The normalized spacial score (nSPS) is 14.0. The maximum Gasteiger partial charge on any atom is 0.312 e. The summed E-state index contributed by atoms with van der Waals surface area (Å²) in [5.74, 6) is 0. The molecule has 0 radical (unpaired) electrons. The predicted molar refractivity (Wildman–Crippen MR) is 110 cm³/mol. The smallest absolute Gasteiger partial charge is 0.298 e. The van der Waals surface area contributed by atoms with Gasteiger partial charge in [0.05, 0.1) is 10.9 Å². The molecule has 1 atom stereocenters. The fourth-order valence-electron chi connectivity index (χ4n) is 2.59. The summed E-state index contributed by atoms with van der Waals surface area (Å²) in [7, 11) is -5.96. The van der Waals surface area contributed by atoms with Crippen LogP contribution in [0.2, 0.25) is 13.1 Å². The van der Waals surface area contributed by atoms with Crippen LogP contribution in [0.5, 0.6) is 0 Å². The Balaban J connectivity index is 2.14. The van der Waals surface area contributed by atoms with Gasteiger partial charge < -0.3 is 0 Å². The second-order valence-electron chi connectivity index (χ2n) is 7.04. The van der Waals surface area contributed by atoms with E-state index in [0.29, 0.717) is 5.57 Å². The molecule has 27 heavy (non-hydrogen) atoms. The van der Waals surface area contributed by atoms with Gasteiger partial charge >= 0.3 is 10.1 Å². The van der Waals surface area contributed by atoms with Crippen molar-refractivity contribution >= 4 is 29.7 Å². The van der Waals surface area contributed by atoms with Crippen molar-refractivity contribution < 1.29 is 17.5 Å². The second kappa shape index (κ2) is 8.75. The molecule has 1 unspecified atom stereocenters. The number of hydrogen-bond acceptors (Lipinski definition) is 5. The Kier molecular flexibility index (Phi) is 6.88. The first-order valence-corrected chi connectivity index (χ1v) is 13.1. The van der Waals surface area contributed by atoms with Crippen molar-refractivity contribution in [3.8, 4) is 0 Å². The van der Waals surface area contributed by atoms with E-state index in [1.165, 1.54) is 17.3 Å². The summed E-state index contributed by atoms with van der Waals surface area (Å²) >= 11 is 0. The molecule has 5 nitrogen and oxygen atoms in total. The summed E-state index contributed by atoms with van der Waals surface area (Å²) in [6.07, 6.45) is 0.747. The van der Waals surface area contributed by atoms with E-state index in [0.717, 1.165) is 11.8 Å². The first kappa shape index (κ1) is 21.2. The molecular formula is C20H25NO4SSi. The van der Waals surface area contributed by atoms with Crippen LogP contribution in [0.4, 0.5) is 0 Å². The predicted octanol–water partition coefficient (Wildman–Crippen LogP) is 2.87. The van der Waals surface area contributed by atoms with E-state index in [-0.39, 0.29) is 4.90 Å². The Hall–Kier alpha value is -2.06. The number of aryl methyl sites for hydroxylation is 1.